The van der Waals surface area contributed by atoms with Crippen molar-refractivity contribution in [3.63, 3.8) is 0 Å². The van der Waals surface area contributed by atoms with Crippen LogP contribution in [0.1, 0.15) is 47.1 Å². The molecule has 2 aromatic rings. The summed E-state index contributed by atoms with van der Waals surface area (Å²) < 4.78 is 0. The van der Waals surface area contributed by atoms with Crippen molar-refractivity contribution in [1.29, 1.82) is 0 Å². The highest BCUT2D eigenvalue weighted by atomic mass is 16.2. The second-order valence-corrected chi connectivity index (χ2v) is 7.56. The van der Waals surface area contributed by atoms with Crippen LogP contribution in [0.2, 0.25) is 0 Å². The Bertz CT molecular complexity index is 774. The van der Waals surface area contributed by atoms with Crippen LogP contribution in [0.15, 0.2) is 67.3 Å². The molecule has 0 unspecified atom stereocenters. The van der Waals surface area contributed by atoms with Gasteiger partial charge in [0.2, 0.25) is 0 Å². The monoisotopic (exact) mass is 364 g/mol. The van der Waals surface area contributed by atoms with Crippen molar-refractivity contribution in [3.8, 4) is 0 Å². The van der Waals surface area contributed by atoms with E-state index in [0.717, 1.165) is 6.42 Å². The van der Waals surface area contributed by atoms with Crippen molar-refractivity contribution in [1.82, 2.24) is 10.2 Å². The van der Waals surface area contributed by atoms with Gasteiger partial charge < -0.3 is 10.2 Å². The predicted molar refractivity (Wildman–Crippen MR) is 110 cm³/mol. The van der Waals surface area contributed by atoms with E-state index in [1.54, 1.807) is 35.2 Å². The van der Waals surface area contributed by atoms with Gasteiger partial charge in [0.15, 0.2) is 0 Å². The maximum absolute atomic E-state index is 12.8. The molecule has 4 nitrogen and oxygen atoms in total. The van der Waals surface area contributed by atoms with E-state index >= 15 is 0 Å². The molecule has 0 radical (unpaired) electrons. The lowest BCUT2D eigenvalue weighted by molar-refractivity contribution is 0.0774. The molecule has 2 rings (SSSR count). The Morgan fingerprint density at radius 1 is 1.00 bits per heavy atom. The van der Waals surface area contributed by atoms with Gasteiger partial charge in [-0.25, -0.2) is 0 Å². The lowest BCUT2D eigenvalue weighted by atomic mass is 10.1. The molecule has 0 aromatic heterocycles. The average Bonchev–Trinajstić information content (AvgIpc) is 2.64. The minimum atomic E-state index is -0.302. The van der Waals surface area contributed by atoms with Gasteiger partial charge in [-0.05, 0) is 57.0 Å². The van der Waals surface area contributed by atoms with Crippen LogP contribution in [0.4, 0.5) is 0 Å². The van der Waals surface area contributed by atoms with Crippen molar-refractivity contribution >= 4 is 11.8 Å². The molecule has 27 heavy (non-hydrogen) atoms. The van der Waals surface area contributed by atoms with E-state index in [4.69, 9.17) is 0 Å². The molecule has 2 aromatic carbocycles. The van der Waals surface area contributed by atoms with Gasteiger partial charge in [0, 0.05) is 29.8 Å². The quantitative estimate of drug-likeness (QED) is 0.753. The summed E-state index contributed by atoms with van der Waals surface area (Å²) in [6.07, 6.45) is 2.51. The Morgan fingerprint density at radius 2 is 1.59 bits per heavy atom. The minimum Gasteiger partial charge on any atom is -0.347 e. The van der Waals surface area contributed by atoms with Gasteiger partial charge in [0.25, 0.3) is 11.8 Å². The number of hydrogen-bond acceptors (Lipinski definition) is 2. The molecule has 0 atom stereocenters. The molecule has 0 fully saturated rings. The highest BCUT2D eigenvalue weighted by Gasteiger charge is 2.17. The average molecular weight is 364 g/mol. The molecule has 0 saturated heterocycles. The van der Waals surface area contributed by atoms with Crippen LogP contribution < -0.4 is 5.32 Å². The lowest BCUT2D eigenvalue weighted by Gasteiger charge is -2.22. The van der Waals surface area contributed by atoms with Crippen molar-refractivity contribution in [2.75, 3.05) is 13.1 Å². The summed E-state index contributed by atoms with van der Waals surface area (Å²) in [7, 11) is 0. The zero-order chi connectivity index (χ0) is 19.9. The Balaban J connectivity index is 2.06. The molecule has 0 aliphatic rings. The fourth-order valence-electron chi connectivity index (χ4n) is 2.70. The number of carbonyl (C=O) groups is 2. The first kappa shape index (κ1) is 20.4. The van der Waals surface area contributed by atoms with E-state index in [2.05, 4.69) is 24.0 Å². The summed E-state index contributed by atoms with van der Waals surface area (Å²) in [6, 6.07) is 16.9. The maximum atomic E-state index is 12.8. The second kappa shape index (κ2) is 9.17. The molecule has 1 N–H and O–H groups in total. The van der Waals surface area contributed by atoms with Crippen LogP contribution in [0, 0.1) is 0 Å². The topological polar surface area (TPSA) is 49.4 Å². The van der Waals surface area contributed by atoms with Crippen LogP contribution in [0.5, 0.6) is 0 Å². The molecule has 0 saturated carbocycles. The molecular formula is C23H28N2O2. The third-order valence-corrected chi connectivity index (χ3v) is 4.03. The van der Waals surface area contributed by atoms with Gasteiger partial charge >= 0.3 is 0 Å². The van der Waals surface area contributed by atoms with E-state index in [9.17, 15) is 9.59 Å². The van der Waals surface area contributed by atoms with Gasteiger partial charge in [-0.2, -0.15) is 0 Å². The highest BCUT2D eigenvalue weighted by Crippen LogP contribution is 2.11. The van der Waals surface area contributed by atoms with E-state index < -0.39 is 0 Å². The third-order valence-electron chi connectivity index (χ3n) is 4.03. The van der Waals surface area contributed by atoms with Crippen LogP contribution in [-0.4, -0.2) is 35.3 Å². The Kier molecular flexibility index (Phi) is 6.94. The summed E-state index contributed by atoms with van der Waals surface area (Å²) in [5.41, 5.74) is 2.00. The van der Waals surface area contributed by atoms with E-state index in [-0.39, 0.29) is 17.4 Å². The summed E-state index contributed by atoms with van der Waals surface area (Å²) in [5, 5.41) is 2.92. The highest BCUT2D eigenvalue weighted by molar-refractivity contribution is 5.98. The Morgan fingerprint density at radius 3 is 2.15 bits per heavy atom. The molecule has 4 heteroatoms. The number of rotatable bonds is 7. The number of carbonyl (C=O) groups excluding carboxylic acids is 2. The molecule has 2 amide bonds. The standard InChI is InChI=1S/C23H28N2O2/c1-5-16-25(17-15-18-9-7-6-8-10-18)22(27)20-13-11-19(12-14-20)21(26)24-23(2,3)4/h5-14H,1,15-17H2,2-4H3,(H,24,26). The van der Waals surface area contributed by atoms with Gasteiger partial charge in [-0.15, -0.1) is 6.58 Å². The third kappa shape index (κ3) is 6.41. The fourth-order valence-corrected chi connectivity index (χ4v) is 2.70. The summed E-state index contributed by atoms with van der Waals surface area (Å²) in [6.45, 7) is 10.7. The Hall–Kier alpha value is -2.88. The molecule has 0 aliphatic carbocycles. The molecule has 0 aliphatic heterocycles. The summed E-state index contributed by atoms with van der Waals surface area (Å²) in [4.78, 5) is 26.8. The van der Waals surface area contributed by atoms with Crippen molar-refractivity contribution < 1.29 is 9.59 Å². The zero-order valence-corrected chi connectivity index (χ0v) is 16.4. The fraction of sp³-hybridized carbons (Fsp3) is 0.304. The van der Waals surface area contributed by atoms with Crippen LogP contribution >= 0.6 is 0 Å². The van der Waals surface area contributed by atoms with Crippen molar-refractivity contribution in [2.24, 2.45) is 0 Å². The van der Waals surface area contributed by atoms with E-state index in [1.807, 2.05) is 39.0 Å². The van der Waals surface area contributed by atoms with E-state index in [0.29, 0.717) is 24.2 Å². The van der Waals surface area contributed by atoms with Crippen molar-refractivity contribution in [2.45, 2.75) is 32.7 Å². The molecule has 0 heterocycles. The maximum Gasteiger partial charge on any atom is 0.254 e. The Labute approximate surface area is 161 Å². The van der Waals surface area contributed by atoms with Gasteiger partial charge in [-0.3, -0.25) is 9.59 Å². The summed E-state index contributed by atoms with van der Waals surface area (Å²) >= 11 is 0. The summed E-state index contributed by atoms with van der Waals surface area (Å²) in [5.74, 6) is -0.206. The lowest BCUT2D eigenvalue weighted by Crippen LogP contribution is -2.40. The molecular weight excluding hydrogens is 336 g/mol. The first-order valence-corrected chi connectivity index (χ1v) is 9.17. The number of nitrogens with one attached hydrogen (secondary N) is 1. The predicted octanol–water partition coefficient (Wildman–Crippen LogP) is 4.09. The first-order chi connectivity index (χ1) is 12.8. The second-order valence-electron chi connectivity index (χ2n) is 7.56. The molecule has 142 valence electrons. The van der Waals surface area contributed by atoms with Gasteiger partial charge in [-0.1, -0.05) is 36.4 Å². The number of nitrogens with zero attached hydrogens (tertiary/aromatic N) is 1. The molecule has 0 bridgehead atoms. The van der Waals surface area contributed by atoms with Crippen molar-refractivity contribution in [3.05, 3.63) is 83.9 Å². The van der Waals surface area contributed by atoms with Gasteiger partial charge in [0.05, 0.1) is 0 Å². The number of amides is 2. The number of benzene rings is 2. The number of hydrogen-bond donors (Lipinski definition) is 1. The van der Waals surface area contributed by atoms with E-state index in [1.165, 1.54) is 5.56 Å². The first-order valence-electron chi connectivity index (χ1n) is 9.17. The van der Waals surface area contributed by atoms with Crippen LogP contribution in [0.3, 0.4) is 0 Å². The van der Waals surface area contributed by atoms with Crippen LogP contribution in [0.25, 0.3) is 0 Å². The normalized spacial score (nSPS) is 10.9. The SMILES string of the molecule is C=CCN(CCc1ccccc1)C(=O)c1ccc(C(=O)NC(C)(C)C)cc1. The minimum absolute atomic E-state index is 0.0615. The zero-order valence-electron chi connectivity index (χ0n) is 16.4. The molecule has 0 spiro atoms. The smallest absolute Gasteiger partial charge is 0.254 e. The largest absolute Gasteiger partial charge is 0.347 e. The van der Waals surface area contributed by atoms with Gasteiger partial charge in [0.1, 0.15) is 0 Å². The van der Waals surface area contributed by atoms with Crippen LogP contribution in [-0.2, 0) is 6.42 Å².